The molecule has 2 aromatic heterocycles. The van der Waals surface area contributed by atoms with E-state index in [1.807, 2.05) is 6.92 Å². The summed E-state index contributed by atoms with van der Waals surface area (Å²) < 4.78 is 5.71. The van der Waals surface area contributed by atoms with Crippen LogP contribution in [0.5, 0.6) is 0 Å². The Morgan fingerprint density at radius 3 is 2.88 bits per heavy atom. The highest BCUT2D eigenvalue weighted by molar-refractivity contribution is 8.01. The van der Waals surface area contributed by atoms with Gasteiger partial charge in [-0.15, -0.1) is 33.3 Å². The second kappa shape index (κ2) is 10.1. The zero-order valence-electron chi connectivity index (χ0n) is 17.1. The highest BCUT2D eigenvalue weighted by Gasteiger charge is 2.54. The van der Waals surface area contributed by atoms with Crippen LogP contribution >= 0.6 is 46.2 Å². The van der Waals surface area contributed by atoms with E-state index in [0.717, 1.165) is 9.35 Å². The molecule has 2 aliphatic heterocycles. The number of nitrogens with one attached hydrogen (secondary N) is 1. The number of fused-ring (bicyclic) bond motifs is 1. The van der Waals surface area contributed by atoms with Crippen LogP contribution in [0.4, 0.5) is 4.79 Å². The van der Waals surface area contributed by atoms with Crippen molar-refractivity contribution in [1.82, 2.24) is 25.4 Å². The summed E-state index contributed by atoms with van der Waals surface area (Å²) in [6.45, 7) is 1.84. The predicted molar refractivity (Wildman–Crippen MR) is 122 cm³/mol. The average Bonchev–Trinajstić information content (AvgIpc) is 3.45. The van der Waals surface area contributed by atoms with Crippen LogP contribution in [0.2, 0.25) is 0 Å². The first kappa shape index (κ1) is 23.5. The molecular formula is C17H16N6O6S4. The first-order valence-corrected chi connectivity index (χ1v) is 13.0. The molecule has 4 rings (SSSR count). The first-order chi connectivity index (χ1) is 15.9. The van der Waals surface area contributed by atoms with Gasteiger partial charge in [0.2, 0.25) is 5.88 Å². The highest BCUT2D eigenvalue weighted by Crippen LogP contribution is 2.42. The fourth-order valence-corrected chi connectivity index (χ4v) is 6.83. The number of aromatic nitrogens is 3. The minimum absolute atomic E-state index is 0.0271. The van der Waals surface area contributed by atoms with Gasteiger partial charge in [-0.2, -0.15) is 0 Å². The molecule has 2 aromatic rings. The third-order valence-corrected chi connectivity index (χ3v) is 8.40. The van der Waals surface area contributed by atoms with Crippen molar-refractivity contribution in [3.63, 3.8) is 0 Å². The van der Waals surface area contributed by atoms with E-state index in [4.69, 9.17) is 9.57 Å². The molecular weight excluding hydrogens is 512 g/mol. The molecule has 0 radical (unpaired) electrons. The molecule has 4 heterocycles. The summed E-state index contributed by atoms with van der Waals surface area (Å²) in [6.07, 6.45) is -1.52. The zero-order valence-corrected chi connectivity index (χ0v) is 20.3. The number of β-lactam (4-membered cyclic amide) rings is 1. The molecule has 12 nitrogen and oxygen atoms in total. The molecule has 2 N–H and O–H groups in total. The van der Waals surface area contributed by atoms with Crippen molar-refractivity contribution in [2.75, 3.05) is 18.6 Å². The number of ether oxygens (including phenoxy) is 1. The fourth-order valence-electron chi connectivity index (χ4n) is 3.03. The van der Waals surface area contributed by atoms with Gasteiger partial charge in [-0.1, -0.05) is 28.3 Å². The molecule has 33 heavy (non-hydrogen) atoms. The normalized spacial score (nSPS) is 20.2. The highest BCUT2D eigenvalue weighted by atomic mass is 32.2. The average molecular weight is 529 g/mol. The maximum absolute atomic E-state index is 12.9. The summed E-state index contributed by atoms with van der Waals surface area (Å²) in [6, 6.07) is -0.879. The Morgan fingerprint density at radius 2 is 2.24 bits per heavy atom. The Kier molecular flexibility index (Phi) is 7.16. The molecule has 2 amide bonds. The second-order valence-electron chi connectivity index (χ2n) is 6.51. The van der Waals surface area contributed by atoms with E-state index in [-0.39, 0.29) is 11.6 Å². The molecule has 1 saturated heterocycles. The first-order valence-electron chi connectivity index (χ1n) is 9.20. The van der Waals surface area contributed by atoms with Gasteiger partial charge in [-0.05, 0) is 6.92 Å². The Hall–Kier alpha value is -2.69. The van der Waals surface area contributed by atoms with Crippen LogP contribution in [0.1, 0.15) is 10.7 Å². The Bertz CT molecular complexity index is 1130. The van der Waals surface area contributed by atoms with E-state index in [9.17, 15) is 19.5 Å². The lowest BCUT2D eigenvalue weighted by atomic mass is 10.1. The van der Waals surface area contributed by atoms with Crippen LogP contribution < -0.4 is 5.32 Å². The molecule has 16 heteroatoms. The number of carbonyl (C=O) groups is 3. The lowest BCUT2D eigenvalue weighted by Crippen LogP contribution is -2.70. The van der Waals surface area contributed by atoms with Crippen molar-refractivity contribution in [2.45, 2.75) is 22.7 Å². The molecule has 0 aromatic carbocycles. The predicted octanol–water partition coefficient (Wildman–Crippen LogP) is 1.75. The number of thioether (sulfide) groups is 2. The van der Waals surface area contributed by atoms with Gasteiger partial charge in [-0.25, -0.2) is 9.78 Å². The topological polar surface area (TPSA) is 156 Å². The minimum atomic E-state index is -1.52. The van der Waals surface area contributed by atoms with E-state index in [0.29, 0.717) is 22.8 Å². The van der Waals surface area contributed by atoms with Crippen LogP contribution in [-0.2, 0) is 19.2 Å². The number of hydrogen-bond donors (Lipinski definition) is 2. The summed E-state index contributed by atoms with van der Waals surface area (Å²) in [7, 11) is 1.30. The van der Waals surface area contributed by atoms with Crippen LogP contribution in [-0.4, -0.2) is 78.9 Å². The number of amides is 2. The number of carbonyl (C=O) groups excluding carboxylic acids is 2. The van der Waals surface area contributed by atoms with Crippen LogP contribution in [0, 0.1) is 6.92 Å². The lowest BCUT2D eigenvalue weighted by molar-refractivity contribution is -0.148. The SMILES string of the molecule is CON=C(C(=O)NC1C(=O)N2C(OC(=O)O)=C(CSc3nnc(C)s3)CS[C@@H]12)c1cscn1. The Balaban J connectivity index is 1.49. The summed E-state index contributed by atoms with van der Waals surface area (Å²) in [5, 5.41) is 25.5. The van der Waals surface area contributed by atoms with Gasteiger partial charge in [0, 0.05) is 22.5 Å². The van der Waals surface area contributed by atoms with Crippen LogP contribution in [0.3, 0.4) is 0 Å². The second-order valence-corrected chi connectivity index (χ2v) is 10.7. The third-order valence-electron chi connectivity index (χ3n) is 4.41. The lowest BCUT2D eigenvalue weighted by Gasteiger charge is -2.49. The van der Waals surface area contributed by atoms with Crippen molar-refractivity contribution >= 4 is 69.9 Å². The maximum atomic E-state index is 12.9. The van der Waals surface area contributed by atoms with E-state index >= 15 is 0 Å². The smallest absolute Gasteiger partial charge is 0.449 e. The maximum Gasteiger partial charge on any atom is 0.512 e. The third kappa shape index (κ3) is 4.97. The number of thiazole rings is 1. The van der Waals surface area contributed by atoms with Crippen molar-refractivity contribution in [2.24, 2.45) is 5.16 Å². The molecule has 1 fully saturated rings. The van der Waals surface area contributed by atoms with Gasteiger partial charge in [0.25, 0.3) is 11.8 Å². The largest absolute Gasteiger partial charge is 0.512 e. The Labute approximate surface area is 203 Å². The van der Waals surface area contributed by atoms with Gasteiger partial charge in [0.05, 0.1) is 5.51 Å². The van der Waals surface area contributed by atoms with Gasteiger partial charge in [0.1, 0.15) is 29.2 Å². The number of rotatable bonds is 8. The summed E-state index contributed by atoms with van der Waals surface area (Å²) in [5.74, 6) is -0.341. The van der Waals surface area contributed by atoms with Gasteiger partial charge >= 0.3 is 6.16 Å². The van der Waals surface area contributed by atoms with E-state index < -0.39 is 29.4 Å². The molecule has 0 saturated carbocycles. The van der Waals surface area contributed by atoms with E-state index in [1.165, 1.54) is 58.2 Å². The fraction of sp³-hybridized carbons (Fsp3) is 0.353. The number of hydrogen-bond acceptors (Lipinski definition) is 13. The van der Waals surface area contributed by atoms with Crippen LogP contribution in [0.25, 0.3) is 0 Å². The van der Waals surface area contributed by atoms with Gasteiger partial charge in [0.15, 0.2) is 10.1 Å². The van der Waals surface area contributed by atoms with Crippen molar-refractivity contribution in [3.05, 3.63) is 33.0 Å². The standard InChI is InChI=1S/C17H16N6O6S4/c1-7-20-21-16(33-7)32-4-8-3-31-15-11(13(25)23(15)14(8)29-17(26)27)19-12(24)10(22-28-2)9-5-30-6-18-9/h5-6,11,15H,3-4H2,1-2H3,(H,19,24)(H,26,27)/t11?,15-/m0/s1. The molecule has 174 valence electrons. The zero-order chi connectivity index (χ0) is 23.5. The van der Waals surface area contributed by atoms with Gasteiger partial charge < -0.3 is 20.0 Å². The molecule has 2 aliphatic rings. The number of nitrogens with zero attached hydrogens (tertiary/aromatic N) is 5. The van der Waals surface area contributed by atoms with Gasteiger partial charge in [-0.3, -0.25) is 14.5 Å². The number of oxime groups is 1. The van der Waals surface area contributed by atoms with Crippen molar-refractivity contribution < 1.29 is 29.1 Å². The summed E-state index contributed by atoms with van der Waals surface area (Å²) in [5.41, 5.74) is 2.44. The molecule has 0 bridgehead atoms. The molecule has 1 unspecified atom stereocenters. The summed E-state index contributed by atoms with van der Waals surface area (Å²) >= 11 is 5.49. The molecule has 2 atom stereocenters. The van der Waals surface area contributed by atoms with Crippen LogP contribution in [0.15, 0.2) is 31.8 Å². The van der Waals surface area contributed by atoms with Crippen molar-refractivity contribution in [3.8, 4) is 0 Å². The molecule has 0 aliphatic carbocycles. The number of carboxylic acid groups (broad SMARTS) is 1. The molecule has 0 spiro atoms. The summed E-state index contributed by atoms with van der Waals surface area (Å²) in [4.78, 5) is 47.0. The van der Waals surface area contributed by atoms with E-state index in [1.54, 1.807) is 10.9 Å². The number of aryl methyl sites for hydroxylation is 1. The monoisotopic (exact) mass is 528 g/mol. The van der Waals surface area contributed by atoms with Crippen molar-refractivity contribution in [1.29, 1.82) is 0 Å². The Morgan fingerprint density at radius 1 is 1.42 bits per heavy atom. The van der Waals surface area contributed by atoms with E-state index in [2.05, 4.69) is 25.7 Å². The quantitative estimate of drug-likeness (QED) is 0.169. The minimum Gasteiger partial charge on any atom is -0.449 e.